The Morgan fingerprint density at radius 2 is 1.55 bits per heavy atom. The maximum Gasteiger partial charge on any atom is 0.332 e. The third-order valence-corrected chi connectivity index (χ3v) is 19.7. The van der Waals surface area contributed by atoms with Crippen molar-refractivity contribution in [3.63, 3.8) is 0 Å². The zero-order valence-electron chi connectivity index (χ0n) is 26.2. The summed E-state index contributed by atoms with van der Waals surface area (Å²) in [4.78, 5) is 25.9. The summed E-state index contributed by atoms with van der Waals surface area (Å²) in [7, 11) is -7.83. The normalized spacial score (nSPS) is 27.7. The fraction of sp³-hybridized carbons (Fsp3) is 0.769. The van der Waals surface area contributed by atoms with E-state index in [4.69, 9.17) is 23.5 Å². The fourth-order valence-corrected chi connectivity index (χ4v) is 7.89. The Kier molecular flexibility index (Phi) is 8.26. The first kappa shape index (κ1) is 33.0. The minimum Gasteiger partial charge on any atom is -0.414 e. The largest absolute Gasteiger partial charge is 0.414 e. The Labute approximate surface area is 240 Å². The van der Waals surface area contributed by atoms with E-state index in [1.165, 1.54) is 24.7 Å². The number of nitrogens with two attached hydrogens (primary N) is 1. The number of aryl methyl sites for hydroxylation is 1. The molecule has 4 atom stereocenters. The van der Waals surface area contributed by atoms with Crippen LogP contribution in [0.2, 0.25) is 36.3 Å². The third kappa shape index (κ3) is 5.24. The van der Waals surface area contributed by atoms with Crippen LogP contribution in [0.3, 0.4) is 0 Å². The Morgan fingerprint density at radius 1 is 1.02 bits per heavy atom. The number of rotatable bonds is 6. The van der Waals surface area contributed by atoms with Crippen LogP contribution < -0.4 is 17.0 Å². The van der Waals surface area contributed by atoms with E-state index < -0.39 is 62.0 Å². The van der Waals surface area contributed by atoms with Gasteiger partial charge in [-0.05, 0) is 50.1 Å². The zero-order valence-corrected chi connectivity index (χ0v) is 29.0. The van der Waals surface area contributed by atoms with Crippen LogP contribution >= 0.6 is 0 Å². The monoisotopic (exact) mass is 617 g/mol. The molecule has 1 unspecified atom stereocenters. The smallest absolute Gasteiger partial charge is 0.332 e. The molecule has 1 spiro atoms. The Bertz CT molecular complexity index is 1430. The molecule has 3 rings (SSSR count). The Morgan fingerprint density at radius 3 is 2.00 bits per heavy atom. The van der Waals surface area contributed by atoms with Crippen LogP contribution in [-0.2, 0) is 34.9 Å². The molecule has 14 heteroatoms. The third-order valence-electron chi connectivity index (χ3n) is 9.27. The lowest BCUT2D eigenvalue weighted by molar-refractivity contribution is -0.0566. The van der Waals surface area contributed by atoms with Crippen molar-refractivity contribution in [1.82, 2.24) is 9.13 Å². The van der Waals surface area contributed by atoms with Gasteiger partial charge in [0.2, 0.25) is 0 Å². The van der Waals surface area contributed by atoms with Crippen molar-refractivity contribution in [1.29, 1.82) is 0 Å². The van der Waals surface area contributed by atoms with Crippen LogP contribution in [0.4, 0.5) is 0 Å². The molecule has 0 amide bonds. The SMILES string of the molecule is CC1=C(N)C2(OS1(=O)=O)[C@@H](CO[Si](C)(C)C(C)(C)C)O[C@@H](n1cc(C)c(=O)n(C)c1=O)[C@@H]2O[Si](C)(C)C(C)(C)C. The predicted molar refractivity (Wildman–Crippen MR) is 159 cm³/mol. The second kappa shape index (κ2) is 10.0. The molecule has 3 heterocycles. The lowest BCUT2D eigenvalue weighted by Crippen LogP contribution is -2.59. The maximum absolute atomic E-state index is 13.4. The van der Waals surface area contributed by atoms with Crippen molar-refractivity contribution in [3.05, 3.63) is 43.2 Å². The second-order valence-electron chi connectivity index (χ2n) is 14.1. The van der Waals surface area contributed by atoms with Crippen LogP contribution in [-0.4, -0.2) is 58.6 Å². The van der Waals surface area contributed by atoms with Crippen molar-refractivity contribution in [3.8, 4) is 0 Å². The molecule has 0 radical (unpaired) electrons. The molecular weight excluding hydrogens is 571 g/mol. The lowest BCUT2D eigenvalue weighted by Gasteiger charge is -2.43. The second-order valence-corrected chi connectivity index (χ2v) is 25.3. The molecule has 1 aromatic heterocycles. The van der Waals surface area contributed by atoms with Gasteiger partial charge in [-0.2, -0.15) is 8.42 Å². The summed E-state index contributed by atoms with van der Waals surface area (Å²) in [6.45, 7) is 23.6. The highest BCUT2D eigenvalue weighted by Gasteiger charge is 2.68. The summed E-state index contributed by atoms with van der Waals surface area (Å²) in [5.41, 5.74) is 4.06. The van der Waals surface area contributed by atoms with E-state index in [9.17, 15) is 18.0 Å². The highest BCUT2D eigenvalue weighted by atomic mass is 32.2. The minimum atomic E-state index is -4.22. The van der Waals surface area contributed by atoms with Gasteiger partial charge in [0.05, 0.1) is 17.2 Å². The van der Waals surface area contributed by atoms with Crippen LogP contribution in [0, 0.1) is 6.92 Å². The van der Waals surface area contributed by atoms with Crippen molar-refractivity contribution in [2.45, 2.75) is 116 Å². The molecule has 2 aliphatic rings. The lowest BCUT2D eigenvalue weighted by atomic mass is 9.88. The van der Waals surface area contributed by atoms with Crippen molar-refractivity contribution in [2.75, 3.05) is 6.61 Å². The highest BCUT2D eigenvalue weighted by molar-refractivity contribution is 7.91. The van der Waals surface area contributed by atoms with Gasteiger partial charge in [0.25, 0.3) is 15.7 Å². The summed E-state index contributed by atoms with van der Waals surface area (Å²) in [6, 6.07) is 0. The molecule has 1 saturated heterocycles. The number of nitrogens with zero attached hydrogens (tertiary/aromatic N) is 2. The summed E-state index contributed by atoms with van der Waals surface area (Å²) >= 11 is 0. The van der Waals surface area contributed by atoms with E-state index in [1.807, 2.05) is 33.9 Å². The average molecular weight is 618 g/mol. The van der Waals surface area contributed by atoms with Gasteiger partial charge in [-0.1, -0.05) is 41.5 Å². The molecular formula is C26H47N3O8SSi2. The molecule has 0 saturated carbocycles. The minimum absolute atomic E-state index is 0.0304. The van der Waals surface area contributed by atoms with Crippen molar-refractivity contribution in [2.24, 2.45) is 12.8 Å². The number of ether oxygens (including phenoxy) is 1. The molecule has 1 fully saturated rings. The van der Waals surface area contributed by atoms with E-state index >= 15 is 0 Å². The van der Waals surface area contributed by atoms with Crippen molar-refractivity contribution < 1.29 is 26.2 Å². The van der Waals surface area contributed by atoms with Gasteiger partial charge in [-0.15, -0.1) is 0 Å². The van der Waals surface area contributed by atoms with E-state index in [0.717, 1.165) is 4.57 Å². The first-order valence-corrected chi connectivity index (χ1v) is 20.7. The summed E-state index contributed by atoms with van der Waals surface area (Å²) in [6.07, 6.45) is -1.90. The quantitative estimate of drug-likeness (QED) is 0.375. The standard InChI is InChI=1S/C26H47N3O8SSi2/c1-16-14-29(23(31)28(9)21(16)30)22-20(36-40(12,13)25(6,7)8)26(19(27)17(2)38(32,33)37-26)18(35-22)15-34-39(10,11)24(3,4)5/h14,18,20,22H,15,27H2,1-13H3/t18-,20+,22-,26?/m1/s1. The molecule has 40 heavy (non-hydrogen) atoms. The van der Waals surface area contributed by atoms with Gasteiger partial charge < -0.3 is 19.3 Å². The molecule has 0 aliphatic carbocycles. The topological polar surface area (TPSA) is 141 Å². The molecule has 1 aromatic rings. The number of hydrogen-bond acceptors (Lipinski definition) is 9. The molecule has 0 bridgehead atoms. The molecule has 11 nitrogen and oxygen atoms in total. The number of allylic oxidation sites excluding steroid dienone is 1. The van der Waals surface area contributed by atoms with Crippen LogP contribution in [0.5, 0.6) is 0 Å². The van der Waals surface area contributed by atoms with E-state index in [2.05, 4.69) is 33.9 Å². The van der Waals surface area contributed by atoms with Crippen molar-refractivity contribution >= 4 is 26.8 Å². The van der Waals surface area contributed by atoms with Crippen LogP contribution in [0.25, 0.3) is 0 Å². The molecule has 228 valence electrons. The highest BCUT2D eigenvalue weighted by Crippen LogP contribution is 2.53. The molecule has 0 aromatic carbocycles. The number of hydrogen-bond donors (Lipinski definition) is 1. The molecule has 2 N–H and O–H groups in total. The van der Waals surface area contributed by atoms with Gasteiger partial charge >= 0.3 is 5.69 Å². The summed E-state index contributed by atoms with van der Waals surface area (Å²) in [5, 5.41) is -0.426. The van der Waals surface area contributed by atoms with E-state index in [-0.39, 0.29) is 27.3 Å². The van der Waals surface area contributed by atoms with Gasteiger partial charge in [0, 0.05) is 18.8 Å². The summed E-state index contributed by atoms with van der Waals surface area (Å²) < 4.78 is 54.6. The van der Waals surface area contributed by atoms with Gasteiger partial charge in [0.15, 0.2) is 28.5 Å². The zero-order chi connectivity index (χ0) is 31.0. The average Bonchev–Trinajstić information content (AvgIpc) is 3.17. The predicted octanol–water partition coefficient (Wildman–Crippen LogP) is 3.45. The van der Waals surface area contributed by atoms with Gasteiger partial charge in [-0.3, -0.25) is 13.9 Å². The maximum atomic E-state index is 13.4. The van der Waals surface area contributed by atoms with Crippen LogP contribution in [0.1, 0.15) is 60.3 Å². The van der Waals surface area contributed by atoms with Gasteiger partial charge in [-0.25, -0.2) is 8.98 Å². The first-order valence-electron chi connectivity index (χ1n) is 13.5. The number of aromatic nitrogens is 2. The van der Waals surface area contributed by atoms with E-state index in [1.54, 1.807) is 6.92 Å². The Hall–Kier alpha value is -1.56. The molecule has 2 aliphatic heterocycles. The van der Waals surface area contributed by atoms with Gasteiger partial charge in [0.1, 0.15) is 12.2 Å². The Balaban J connectivity index is 2.32. The first-order chi connectivity index (χ1) is 17.8. The van der Waals surface area contributed by atoms with Crippen LogP contribution in [0.15, 0.2) is 26.4 Å². The van der Waals surface area contributed by atoms with E-state index in [0.29, 0.717) is 5.56 Å². The summed E-state index contributed by atoms with van der Waals surface area (Å²) in [5.74, 6) is 0. The fourth-order valence-electron chi connectivity index (χ4n) is 4.40.